The van der Waals surface area contributed by atoms with Crippen LogP contribution in [-0.2, 0) is 5.41 Å². The van der Waals surface area contributed by atoms with E-state index in [0.29, 0.717) is 0 Å². The van der Waals surface area contributed by atoms with Gasteiger partial charge in [-0.1, -0.05) is 129 Å². The molecule has 3 nitrogen and oxygen atoms in total. The molecule has 6 aromatic rings. The molecule has 60 heavy (non-hydrogen) atoms. The minimum atomic E-state index is -0.505. The van der Waals surface area contributed by atoms with E-state index in [1.54, 1.807) is 0 Å². The van der Waals surface area contributed by atoms with E-state index in [1.165, 1.54) is 72.6 Å². The van der Waals surface area contributed by atoms with Crippen molar-refractivity contribution in [3.63, 3.8) is 0 Å². The van der Waals surface area contributed by atoms with Gasteiger partial charge in [0.1, 0.15) is 0 Å². The second-order valence-corrected chi connectivity index (χ2v) is 17.4. The normalized spacial score (nSPS) is 16.3. The number of hydrogen-bond donors (Lipinski definition) is 0. The Morgan fingerprint density at radius 2 is 1.22 bits per heavy atom. The van der Waals surface area contributed by atoms with Crippen molar-refractivity contribution < 1.29 is 0 Å². The Labute approximate surface area is 358 Å². The highest BCUT2D eigenvalue weighted by Crippen LogP contribution is 2.57. The molecule has 0 bridgehead atoms. The maximum atomic E-state index is 4.80. The quantitative estimate of drug-likeness (QED) is 0.122. The number of fused-ring (bicyclic) bond motifs is 3. The molecule has 0 aliphatic heterocycles. The van der Waals surface area contributed by atoms with E-state index in [9.17, 15) is 0 Å². The third-order valence-electron chi connectivity index (χ3n) is 12.3. The molecule has 0 spiro atoms. The van der Waals surface area contributed by atoms with Crippen LogP contribution in [-0.4, -0.2) is 4.98 Å². The molecule has 0 amide bonds. The van der Waals surface area contributed by atoms with Crippen LogP contribution in [0.4, 0.5) is 28.4 Å². The Hall–Kier alpha value is -6.45. The topological polar surface area (TPSA) is 19.4 Å². The lowest BCUT2D eigenvalue weighted by molar-refractivity contribution is 0.577. The maximum absolute atomic E-state index is 4.80. The Balaban J connectivity index is 1.41. The van der Waals surface area contributed by atoms with Gasteiger partial charge in [-0.3, -0.25) is 4.98 Å². The molecule has 1 aromatic heterocycles. The Bertz CT molecular complexity index is 2660. The van der Waals surface area contributed by atoms with E-state index < -0.39 is 5.41 Å². The number of aryl methyl sites for hydroxylation is 6. The highest BCUT2D eigenvalue weighted by molar-refractivity contribution is 5.90. The maximum Gasteiger partial charge on any atom is 0.0520 e. The van der Waals surface area contributed by atoms with E-state index >= 15 is 0 Å². The number of aromatic nitrogens is 1. The van der Waals surface area contributed by atoms with Gasteiger partial charge in [0.15, 0.2) is 0 Å². The van der Waals surface area contributed by atoms with Gasteiger partial charge >= 0.3 is 0 Å². The number of pyridine rings is 1. The molecule has 2 aliphatic rings. The summed E-state index contributed by atoms with van der Waals surface area (Å²) in [6.45, 7) is 21.9. The molecule has 1 heterocycles. The SMILES string of the molecule is C=C/C=C/CCC1(c2cccnc2)c2cc(N(C3=CC=CC(C)(C)C=C3)c3c(C)cc(C)cc3C)ccc2-c2ccc(N(c3ccccc3)c3c(C)cc(C)cc3C)cc21. The standard InChI is InChI=1S/C57H57N3/c1-10-11-12-16-29-57(45-19-18-31-58-38-45)52-36-48(59(46-20-14-13-15-21-46)54-41(4)32-39(2)33-42(54)5)23-25-50(52)51-26-24-49(37-53(51)57)60(47-22-17-28-56(8,9)30-27-47)55-43(6)34-40(3)35-44(55)7/h10-15,17-28,30-38H,1,16,29H2,2-9H3/b12-11+. The lowest BCUT2D eigenvalue weighted by Gasteiger charge is -2.35. The van der Waals surface area contributed by atoms with Gasteiger partial charge in [0.2, 0.25) is 0 Å². The van der Waals surface area contributed by atoms with Crippen LogP contribution in [0.1, 0.15) is 76.8 Å². The molecule has 0 saturated heterocycles. The van der Waals surface area contributed by atoms with Gasteiger partial charge < -0.3 is 9.80 Å². The molecule has 0 radical (unpaired) electrons. The molecule has 300 valence electrons. The number of nitrogens with zero attached hydrogens (tertiary/aromatic N) is 3. The summed E-state index contributed by atoms with van der Waals surface area (Å²) in [7, 11) is 0. The van der Waals surface area contributed by atoms with Crippen molar-refractivity contribution in [1.29, 1.82) is 0 Å². The summed E-state index contributed by atoms with van der Waals surface area (Å²) in [5, 5.41) is 0. The number of benzene rings is 5. The molecule has 0 fully saturated rings. The van der Waals surface area contributed by atoms with Crippen molar-refractivity contribution in [3.8, 4) is 11.1 Å². The van der Waals surface area contributed by atoms with Crippen LogP contribution in [0.2, 0.25) is 0 Å². The number of rotatable bonds is 11. The fraction of sp³-hybridized carbons (Fsp3) is 0.211. The fourth-order valence-corrected chi connectivity index (χ4v) is 9.89. The molecule has 0 N–H and O–H groups in total. The lowest BCUT2D eigenvalue weighted by atomic mass is 9.69. The van der Waals surface area contributed by atoms with Gasteiger partial charge in [0.25, 0.3) is 0 Å². The van der Waals surface area contributed by atoms with Crippen molar-refractivity contribution in [2.75, 3.05) is 9.80 Å². The molecule has 3 heteroatoms. The lowest BCUT2D eigenvalue weighted by Crippen LogP contribution is -2.28. The summed E-state index contributed by atoms with van der Waals surface area (Å²) in [5.74, 6) is 0. The van der Waals surface area contributed by atoms with Gasteiger partial charge in [-0.15, -0.1) is 0 Å². The van der Waals surface area contributed by atoms with Crippen molar-refractivity contribution in [3.05, 3.63) is 226 Å². The summed E-state index contributed by atoms with van der Waals surface area (Å²) in [6.07, 6.45) is 23.3. The van der Waals surface area contributed by atoms with Gasteiger partial charge in [-0.2, -0.15) is 0 Å². The summed E-state index contributed by atoms with van der Waals surface area (Å²) in [4.78, 5) is 9.73. The first-order valence-corrected chi connectivity index (χ1v) is 21.3. The van der Waals surface area contributed by atoms with Crippen LogP contribution >= 0.6 is 0 Å². The zero-order chi connectivity index (χ0) is 42.2. The molecular weight excluding hydrogens is 727 g/mol. The minimum Gasteiger partial charge on any atom is -0.310 e. The monoisotopic (exact) mass is 783 g/mol. The number of allylic oxidation sites excluding steroid dienone is 8. The van der Waals surface area contributed by atoms with Crippen LogP contribution in [0.25, 0.3) is 11.1 Å². The van der Waals surface area contributed by atoms with Gasteiger partial charge in [-0.25, -0.2) is 0 Å². The zero-order valence-corrected chi connectivity index (χ0v) is 36.6. The molecule has 1 unspecified atom stereocenters. The second kappa shape index (κ2) is 16.3. The van der Waals surface area contributed by atoms with Crippen molar-refractivity contribution in [2.45, 2.75) is 73.6 Å². The zero-order valence-electron chi connectivity index (χ0n) is 36.6. The highest BCUT2D eigenvalue weighted by atomic mass is 15.2. The third-order valence-corrected chi connectivity index (χ3v) is 12.3. The Kier molecular flexibility index (Phi) is 11.0. The van der Waals surface area contributed by atoms with Crippen LogP contribution in [0.3, 0.4) is 0 Å². The predicted molar refractivity (Wildman–Crippen MR) is 256 cm³/mol. The van der Waals surface area contributed by atoms with Crippen LogP contribution in [0.5, 0.6) is 0 Å². The van der Waals surface area contributed by atoms with Crippen molar-refractivity contribution in [1.82, 2.24) is 4.98 Å². The predicted octanol–water partition coefficient (Wildman–Crippen LogP) is 15.4. The average Bonchev–Trinajstić information content (AvgIpc) is 3.36. The van der Waals surface area contributed by atoms with Gasteiger partial charge in [0, 0.05) is 46.0 Å². The summed E-state index contributed by atoms with van der Waals surface area (Å²) >= 11 is 0. The van der Waals surface area contributed by atoms with Gasteiger partial charge in [0.05, 0.1) is 11.4 Å². The van der Waals surface area contributed by atoms with E-state index in [1.807, 2.05) is 12.3 Å². The second-order valence-electron chi connectivity index (χ2n) is 17.4. The Morgan fingerprint density at radius 3 is 1.78 bits per heavy atom. The molecular formula is C57H57N3. The smallest absolute Gasteiger partial charge is 0.0520 e. The van der Waals surface area contributed by atoms with E-state index in [-0.39, 0.29) is 5.41 Å². The number of hydrogen-bond acceptors (Lipinski definition) is 3. The van der Waals surface area contributed by atoms with Crippen molar-refractivity contribution in [2.24, 2.45) is 5.41 Å². The largest absolute Gasteiger partial charge is 0.310 e. The van der Waals surface area contributed by atoms with Crippen LogP contribution in [0, 0.1) is 47.0 Å². The third kappa shape index (κ3) is 7.39. The fourth-order valence-electron chi connectivity index (χ4n) is 9.89. The van der Waals surface area contributed by atoms with Gasteiger partial charge in [-0.05, 0) is 159 Å². The number of anilines is 5. The first-order valence-electron chi connectivity index (χ1n) is 21.3. The summed E-state index contributed by atoms with van der Waals surface area (Å²) in [5.41, 5.74) is 20.2. The summed E-state index contributed by atoms with van der Waals surface area (Å²) < 4.78 is 0. The highest BCUT2D eigenvalue weighted by Gasteiger charge is 2.45. The van der Waals surface area contributed by atoms with Crippen LogP contribution < -0.4 is 9.80 Å². The minimum absolute atomic E-state index is 0.0592. The number of para-hydroxylation sites is 1. The van der Waals surface area contributed by atoms with E-state index in [2.05, 4.69) is 224 Å². The van der Waals surface area contributed by atoms with E-state index in [0.717, 1.165) is 35.6 Å². The first-order chi connectivity index (χ1) is 28.9. The molecule has 0 saturated carbocycles. The average molecular weight is 784 g/mol. The molecule has 5 aromatic carbocycles. The summed E-state index contributed by atoms with van der Waals surface area (Å²) in [6, 6.07) is 38.7. The van der Waals surface area contributed by atoms with E-state index in [4.69, 9.17) is 4.98 Å². The van der Waals surface area contributed by atoms with Crippen molar-refractivity contribution >= 4 is 28.4 Å². The molecule has 2 aliphatic carbocycles. The molecule has 8 rings (SSSR count). The Morgan fingerprint density at radius 1 is 0.633 bits per heavy atom. The first kappa shape index (κ1) is 40.3. The van der Waals surface area contributed by atoms with Crippen LogP contribution in [0.15, 0.2) is 176 Å². The molecule has 1 atom stereocenters.